The first kappa shape index (κ1) is 52.1. The van der Waals surface area contributed by atoms with E-state index in [0.29, 0.717) is 55.8 Å². The molecule has 6 heterocycles. The van der Waals surface area contributed by atoms with Gasteiger partial charge in [-0.05, 0) is 103 Å². The molecule has 1 spiro atoms. The standard InChI is InChI=1S/C57H65FN8O10S/c1-36(2)43-6-4-5-7-44(43)49-35-63(34-38-8-10-41(72-3)11-9-38)20-21-65(49)40-30-57(31-40)15-18-64(19-16-57)47-28-50(76-42-26-39-12-17-59-55(39)61-33-42)45(27-46(47)58)56(67)62-77(70,71)51-29-48(66(68)69)52(54-53(51)74-24-25-75-54)60-32-37-13-22-73-23-14-37/h4-12,17,26-29,33,36-37,40,49,60H,13-16,18-25,30-32,34-35H2,1-3H3,(H,59,61)(H,62,67). The van der Waals surface area contributed by atoms with Crippen molar-refractivity contribution in [3.8, 4) is 28.7 Å². The minimum absolute atomic E-state index is 0.000579. The number of fused-ring (bicyclic) bond motifs is 2. The molecule has 3 saturated heterocycles. The second-order valence-electron chi connectivity index (χ2n) is 21.4. The van der Waals surface area contributed by atoms with Gasteiger partial charge in [0.1, 0.15) is 46.8 Å². The Bertz CT molecular complexity index is 3260. The number of methoxy groups -OCH3 is 1. The summed E-state index contributed by atoms with van der Waals surface area (Å²) in [5.74, 6) is -0.941. The molecule has 4 fully saturated rings. The van der Waals surface area contributed by atoms with Gasteiger partial charge in [-0.1, -0.05) is 50.2 Å². The zero-order valence-electron chi connectivity index (χ0n) is 43.6. The summed E-state index contributed by atoms with van der Waals surface area (Å²) >= 11 is 0. The Labute approximate surface area is 447 Å². The van der Waals surface area contributed by atoms with Gasteiger partial charge >= 0.3 is 0 Å². The van der Waals surface area contributed by atoms with Crippen molar-refractivity contribution in [3.63, 3.8) is 0 Å². The number of nitrogens with zero attached hydrogens (tertiary/aromatic N) is 5. The van der Waals surface area contributed by atoms with Crippen LogP contribution in [0.3, 0.4) is 0 Å². The first-order valence-corrected chi connectivity index (χ1v) is 28.1. The van der Waals surface area contributed by atoms with Crippen LogP contribution in [0.4, 0.5) is 21.5 Å². The lowest BCUT2D eigenvalue weighted by atomic mass is 9.59. The zero-order valence-corrected chi connectivity index (χ0v) is 44.4. The Kier molecular flexibility index (Phi) is 14.7. The molecule has 6 aromatic rings. The van der Waals surface area contributed by atoms with Crippen LogP contribution in [0.1, 0.15) is 91.4 Å². The molecule has 1 aliphatic carbocycles. The number of carbonyl (C=O) groups excluding carboxylic acids is 1. The van der Waals surface area contributed by atoms with Crippen molar-refractivity contribution in [3.05, 3.63) is 129 Å². The second kappa shape index (κ2) is 21.8. The Morgan fingerprint density at radius 2 is 1.70 bits per heavy atom. The third-order valence-corrected chi connectivity index (χ3v) is 17.6. The monoisotopic (exact) mass is 1070 g/mol. The van der Waals surface area contributed by atoms with Crippen molar-refractivity contribution >= 4 is 44.0 Å². The van der Waals surface area contributed by atoms with Crippen molar-refractivity contribution in [2.75, 3.05) is 83.0 Å². The number of nitro benzene ring substituents is 1. The van der Waals surface area contributed by atoms with Gasteiger partial charge < -0.3 is 38.9 Å². The number of amides is 1. The van der Waals surface area contributed by atoms with Crippen LogP contribution in [0.5, 0.6) is 28.7 Å². The van der Waals surface area contributed by atoms with Crippen LogP contribution >= 0.6 is 0 Å². The minimum atomic E-state index is -4.95. The maximum Gasteiger partial charge on any atom is 0.297 e. The van der Waals surface area contributed by atoms with Gasteiger partial charge in [0.15, 0.2) is 17.2 Å². The van der Waals surface area contributed by atoms with Crippen LogP contribution in [0.25, 0.3) is 11.0 Å². The van der Waals surface area contributed by atoms with Crippen LogP contribution in [0.15, 0.2) is 96.2 Å². The van der Waals surface area contributed by atoms with Crippen LogP contribution in [0, 0.1) is 27.3 Å². The lowest BCUT2D eigenvalue weighted by molar-refractivity contribution is -0.384. The highest BCUT2D eigenvalue weighted by atomic mass is 32.2. The minimum Gasteiger partial charge on any atom is -0.497 e. The lowest BCUT2D eigenvalue weighted by Crippen LogP contribution is -2.60. The predicted octanol–water partition coefficient (Wildman–Crippen LogP) is 9.57. The molecule has 0 radical (unpaired) electrons. The Morgan fingerprint density at radius 1 is 0.948 bits per heavy atom. The molecule has 4 aromatic carbocycles. The summed E-state index contributed by atoms with van der Waals surface area (Å²) in [6, 6.07) is 24.6. The average Bonchev–Trinajstić information content (AvgIpc) is 3.94. The predicted molar refractivity (Wildman–Crippen MR) is 288 cm³/mol. The molecule has 1 atom stereocenters. The smallest absolute Gasteiger partial charge is 0.297 e. The van der Waals surface area contributed by atoms with E-state index in [1.165, 1.54) is 29.0 Å². The fraction of sp³-hybridized carbons (Fsp3) is 0.439. The molecule has 3 N–H and O–H groups in total. The van der Waals surface area contributed by atoms with Gasteiger partial charge in [0.05, 0.1) is 29.5 Å². The number of halogens is 1. The van der Waals surface area contributed by atoms with Crippen molar-refractivity contribution in [2.45, 2.75) is 81.8 Å². The number of benzene rings is 4. The largest absolute Gasteiger partial charge is 0.497 e. The van der Waals surface area contributed by atoms with Crippen molar-refractivity contribution in [2.24, 2.45) is 11.3 Å². The highest BCUT2D eigenvalue weighted by molar-refractivity contribution is 7.90. The summed E-state index contributed by atoms with van der Waals surface area (Å²) in [5.41, 5.74) is 3.87. The molecule has 5 aliphatic rings. The SMILES string of the molecule is COc1ccc(CN2CCN(C3CC4(CCN(c5cc(Oc6cnc7[nH]ccc7c6)c(C(=O)NS(=O)(=O)c6cc([N+](=O)[O-])c(NCC7CCOCC7)c7c6OCCO7)cc5F)CC4)C3)C(c3ccccc3C(C)C)C2)cc1. The first-order valence-electron chi connectivity index (χ1n) is 26.6. The third-order valence-electron chi connectivity index (χ3n) is 16.3. The number of piperazine rings is 1. The number of nitro groups is 1. The van der Waals surface area contributed by atoms with Gasteiger partial charge in [0.25, 0.3) is 21.6 Å². The van der Waals surface area contributed by atoms with Gasteiger partial charge in [-0.3, -0.25) is 24.7 Å². The van der Waals surface area contributed by atoms with E-state index in [-0.39, 0.29) is 65.0 Å². The molecule has 1 unspecified atom stereocenters. The molecule has 18 nitrogen and oxygen atoms in total. The van der Waals surface area contributed by atoms with Gasteiger partial charge in [0, 0.05) is 94.8 Å². The normalized spacial score (nSPS) is 19.3. The molecule has 77 heavy (non-hydrogen) atoms. The number of nitrogens with one attached hydrogen (secondary N) is 3. The zero-order chi connectivity index (χ0) is 53.4. The number of carbonyl (C=O) groups is 1. The molecule has 4 aliphatic heterocycles. The van der Waals surface area contributed by atoms with Gasteiger partial charge in [-0.25, -0.2) is 22.5 Å². The number of pyridine rings is 1. The van der Waals surface area contributed by atoms with E-state index in [4.69, 9.17) is 23.7 Å². The number of ether oxygens (including phenoxy) is 5. The van der Waals surface area contributed by atoms with Crippen LogP contribution in [0.2, 0.25) is 0 Å². The fourth-order valence-electron chi connectivity index (χ4n) is 12.1. The van der Waals surface area contributed by atoms with E-state index < -0.39 is 42.8 Å². The van der Waals surface area contributed by atoms with Crippen LogP contribution in [-0.4, -0.2) is 118 Å². The van der Waals surface area contributed by atoms with Crippen LogP contribution < -0.4 is 33.9 Å². The van der Waals surface area contributed by atoms with Gasteiger partial charge in [-0.15, -0.1) is 0 Å². The van der Waals surface area contributed by atoms with E-state index in [2.05, 4.69) is 75.3 Å². The maximum atomic E-state index is 16.8. The Morgan fingerprint density at radius 3 is 2.44 bits per heavy atom. The number of H-pyrrole nitrogens is 1. The maximum absolute atomic E-state index is 16.8. The van der Waals surface area contributed by atoms with E-state index in [1.54, 1.807) is 25.4 Å². The number of hydrogen-bond acceptors (Lipinski definition) is 15. The van der Waals surface area contributed by atoms with Crippen molar-refractivity contribution < 1.29 is 46.2 Å². The molecule has 0 bridgehead atoms. The summed E-state index contributed by atoms with van der Waals surface area (Å²) < 4.78 is 76.3. The number of aromatic amines is 1. The van der Waals surface area contributed by atoms with Gasteiger partial charge in [0.2, 0.25) is 0 Å². The fourth-order valence-corrected chi connectivity index (χ4v) is 13.2. The number of rotatable bonds is 16. The van der Waals surface area contributed by atoms with Crippen molar-refractivity contribution in [1.29, 1.82) is 0 Å². The average molecular weight is 1070 g/mol. The summed E-state index contributed by atoms with van der Waals surface area (Å²) in [6.45, 7) is 10.7. The summed E-state index contributed by atoms with van der Waals surface area (Å²) in [5, 5.41) is 16.4. The number of hydrogen-bond donors (Lipinski definition) is 3. The topological polar surface area (TPSA) is 203 Å². The molecule has 406 valence electrons. The Hall–Kier alpha value is -7.00. The Balaban J connectivity index is 0.824. The second-order valence-corrected chi connectivity index (χ2v) is 23.1. The summed E-state index contributed by atoms with van der Waals surface area (Å²) in [4.78, 5) is 40.2. The van der Waals surface area contributed by atoms with Crippen LogP contribution in [-0.2, 0) is 21.3 Å². The van der Waals surface area contributed by atoms with E-state index in [1.807, 2.05) is 21.8 Å². The first-order chi connectivity index (χ1) is 37.2. The molecular formula is C57H65FN8O10S. The third kappa shape index (κ3) is 10.8. The van der Waals surface area contributed by atoms with E-state index in [9.17, 15) is 23.3 Å². The lowest BCUT2D eigenvalue weighted by Gasteiger charge is -2.58. The molecule has 1 amide bonds. The molecule has 1 saturated carbocycles. The van der Waals surface area contributed by atoms with E-state index in [0.717, 1.165) is 82.6 Å². The van der Waals surface area contributed by atoms with Gasteiger partial charge in [-0.2, -0.15) is 0 Å². The number of anilines is 2. The van der Waals surface area contributed by atoms with Crippen molar-refractivity contribution in [1.82, 2.24) is 24.5 Å². The molecule has 11 rings (SSSR count). The number of aromatic nitrogens is 2. The molecular weight excluding hydrogens is 1010 g/mol. The van der Waals surface area contributed by atoms with E-state index >= 15 is 4.39 Å². The summed E-state index contributed by atoms with van der Waals surface area (Å²) in [6.07, 6.45) is 8.40. The highest BCUT2D eigenvalue weighted by Gasteiger charge is 2.50. The highest BCUT2D eigenvalue weighted by Crippen LogP contribution is 2.54. The number of sulfonamides is 1. The molecule has 20 heteroatoms. The summed E-state index contributed by atoms with van der Waals surface area (Å²) in [7, 11) is -3.26. The quantitative estimate of drug-likeness (QED) is 0.0610. The molecule has 2 aromatic heterocycles. The number of piperidine rings is 1.